The molecule has 8 heteroatoms. The molecule has 1 unspecified atom stereocenters. The first kappa shape index (κ1) is 16.3. The van der Waals surface area contributed by atoms with Gasteiger partial charge >= 0.3 is 11.9 Å². The van der Waals surface area contributed by atoms with E-state index in [1.807, 2.05) is 4.98 Å². The standard InChI is InChI=1S/C14H15F3N2O3/c1-6(2)22-7(3)8-4-9-11(5-10(8)14(15,16)17)18-13(21)19-12(9)20/h4-7H,1-3H3,(H2,18,19,20,21). The Balaban J connectivity index is 2.77. The molecule has 2 N–H and O–H groups in total. The maximum absolute atomic E-state index is 13.2. The first-order chi connectivity index (χ1) is 10.1. The second kappa shape index (κ2) is 5.60. The molecule has 2 rings (SSSR count). The Morgan fingerprint density at radius 1 is 1.09 bits per heavy atom. The van der Waals surface area contributed by atoms with Crippen molar-refractivity contribution in [3.05, 3.63) is 44.1 Å². The summed E-state index contributed by atoms with van der Waals surface area (Å²) in [6.07, 6.45) is -5.76. The van der Waals surface area contributed by atoms with E-state index in [1.54, 1.807) is 13.8 Å². The average Bonchev–Trinajstić information content (AvgIpc) is 2.35. The van der Waals surface area contributed by atoms with Crippen LogP contribution in [0.2, 0.25) is 0 Å². The zero-order valence-corrected chi connectivity index (χ0v) is 12.2. The van der Waals surface area contributed by atoms with Gasteiger partial charge in [-0.2, -0.15) is 13.2 Å². The van der Waals surface area contributed by atoms with E-state index in [-0.39, 0.29) is 22.6 Å². The molecule has 0 aliphatic carbocycles. The zero-order valence-electron chi connectivity index (χ0n) is 12.2. The number of rotatable bonds is 3. The molecule has 120 valence electrons. The Labute approximate surface area is 123 Å². The Morgan fingerprint density at radius 3 is 2.27 bits per heavy atom. The van der Waals surface area contributed by atoms with Gasteiger partial charge in [0.15, 0.2) is 0 Å². The van der Waals surface area contributed by atoms with Crippen molar-refractivity contribution in [1.82, 2.24) is 9.97 Å². The fourth-order valence-corrected chi connectivity index (χ4v) is 2.30. The van der Waals surface area contributed by atoms with Gasteiger partial charge in [0.2, 0.25) is 0 Å². The molecular weight excluding hydrogens is 301 g/mol. The Bertz CT molecular complexity index is 806. The molecule has 0 aliphatic rings. The minimum absolute atomic E-state index is 0.0261. The predicted octanol–water partition coefficient (Wildman–Crippen LogP) is 2.72. The van der Waals surface area contributed by atoms with Gasteiger partial charge in [0.1, 0.15) is 0 Å². The lowest BCUT2D eigenvalue weighted by atomic mass is 10.00. The average molecular weight is 316 g/mol. The highest BCUT2D eigenvalue weighted by atomic mass is 19.4. The van der Waals surface area contributed by atoms with Crippen molar-refractivity contribution >= 4 is 10.9 Å². The molecule has 1 heterocycles. The molecule has 0 aliphatic heterocycles. The van der Waals surface area contributed by atoms with E-state index in [9.17, 15) is 22.8 Å². The third-order valence-corrected chi connectivity index (χ3v) is 3.13. The van der Waals surface area contributed by atoms with Gasteiger partial charge in [-0.1, -0.05) is 0 Å². The highest BCUT2D eigenvalue weighted by Gasteiger charge is 2.35. The highest BCUT2D eigenvalue weighted by Crippen LogP contribution is 2.37. The number of nitrogens with one attached hydrogen (secondary N) is 2. The van der Waals surface area contributed by atoms with Crippen LogP contribution in [-0.2, 0) is 10.9 Å². The van der Waals surface area contributed by atoms with Crippen LogP contribution in [-0.4, -0.2) is 16.1 Å². The van der Waals surface area contributed by atoms with Crippen LogP contribution >= 0.6 is 0 Å². The maximum atomic E-state index is 13.2. The van der Waals surface area contributed by atoms with Crippen molar-refractivity contribution < 1.29 is 17.9 Å². The summed E-state index contributed by atoms with van der Waals surface area (Å²) in [5, 5.41) is -0.0261. The van der Waals surface area contributed by atoms with Crippen molar-refractivity contribution in [2.24, 2.45) is 0 Å². The Morgan fingerprint density at radius 2 is 1.73 bits per heavy atom. The van der Waals surface area contributed by atoms with Gasteiger partial charge in [-0.3, -0.25) is 9.78 Å². The maximum Gasteiger partial charge on any atom is 0.416 e. The fourth-order valence-electron chi connectivity index (χ4n) is 2.30. The molecule has 0 amide bonds. The fraction of sp³-hybridized carbons (Fsp3) is 0.429. The van der Waals surface area contributed by atoms with Gasteiger partial charge in [-0.15, -0.1) is 0 Å². The van der Waals surface area contributed by atoms with E-state index in [4.69, 9.17) is 4.74 Å². The molecule has 5 nitrogen and oxygen atoms in total. The number of aromatic amines is 2. The Kier molecular flexibility index (Phi) is 4.15. The number of alkyl halides is 3. The SMILES string of the molecule is CC(C)OC(C)c1cc2c(=O)[nH]c(=O)[nH]c2cc1C(F)(F)F. The molecule has 1 atom stereocenters. The summed E-state index contributed by atoms with van der Waals surface area (Å²) in [6, 6.07) is 1.88. The number of hydrogen-bond donors (Lipinski definition) is 2. The minimum Gasteiger partial charge on any atom is -0.371 e. The molecule has 0 spiro atoms. The van der Waals surface area contributed by atoms with Gasteiger partial charge in [0, 0.05) is 0 Å². The molecule has 0 fully saturated rings. The first-order valence-electron chi connectivity index (χ1n) is 6.62. The van der Waals surface area contributed by atoms with Crippen LogP contribution in [0.4, 0.5) is 13.2 Å². The van der Waals surface area contributed by atoms with Gasteiger partial charge in [0.25, 0.3) is 5.56 Å². The lowest BCUT2D eigenvalue weighted by Crippen LogP contribution is -2.23. The molecule has 1 aromatic heterocycles. The first-order valence-corrected chi connectivity index (χ1v) is 6.62. The second-order valence-electron chi connectivity index (χ2n) is 5.22. The van der Waals surface area contributed by atoms with E-state index in [1.165, 1.54) is 6.92 Å². The molecule has 0 bridgehead atoms. The van der Waals surface area contributed by atoms with Crippen LogP contribution in [0.15, 0.2) is 21.7 Å². The van der Waals surface area contributed by atoms with E-state index in [0.717, 1.165) is 12.1 Å². The topological polar surface area (TPSA) is 75.0 Å². The van der Waals surface area contributed by atoms with Gasteiger partial charge < -0.3 is 9.72 Å². The summed E-state index contributed by atoms with van der Waals surface area (Å²) in [5.74, 6) is 0. The lowest BCUT2D eigenvalue weighted by Gasteiger charge is -2.21. The number of aromatic nitrogens is 2. The molecule has 1 aromatic carbocycles. The summed E-state index contributed by atoms with van der Waals surface area (Å²) in [7, 11) is 0. The van der Waals surface area contributed by atoms with Crippen LogP contribution in [0.5, 0.6) is 0 Å². The molecule has 22 heavy (non-hydrogen) atoms. The highest BCUT2D eigenvalue weighted by molar-refractivity contribution is 5.79. The normalized spacial score (nSPS) is 13.8. The predicted molar refractivity (Wildman–Crippen MR) is 74.8 cm³/mol. The third kappa shape index (κ3) is 3.22. The summed E-state index contributed by atoms with van der Waals surface area (Å²) >= 11 is 0. The van der Waals surface area contributed by atoms with E-state index in [0.29, 0.717) is 0 Å². The molecular formula is C14H15F3N2O3. The molecule has 0 saturated heterocycles. The number of H-pyrrole nitrogens is 2. The van der Waals surface area contributed by atoms with Crippen molar-refractivity contribution in [2.75, 3.05) is 0 Å². The van der Waals surface area contributed by atoms with Crippen molar-refractivity contribution in [2.45, 2.75) is 39.2 Å². The van der Waals surface area contributed by atoms with Gasteiger partial charge in [-0.25, -0.2) is 4.79 Å². The van der Waals surface area contributed by atoms with E-state index < -0.39 is 29.1 Å². The van der Waals surface area contributed by atoms with Crippen LogP contribution in [0, 0.1) is 0 Å². The van der Waals surface area contributed by atoms with Crippen LogP contribution in [0.3, 0.4) is 0 Å². The molecule has 2 aromatic rings. The summed E-state index contributed by atoms with van der Waals surface area (Å²) in [5.41, 5.74) is -2.85. The lowest BCUT2D eigenvalue weighted by molar-refractivity contribution is -0.139. The van der Waals surface area contributed by atoms with Crippen molar-refractivity contribution in [3.63, 3.8) is 0 Å². The largest absolute Gasteiger partial charge is 0.416 e. The molecule has 0 radical (unpaired) electrons. The summed E-state index contributed by atoms with van der Waals surface area (Å²) in [6.45, 7) is 4.89. The monoisotopic (exact) mass is 316 g/mol. The number of hydrogen-bond acceptors (Lipinski definition) is 3. The number of ether oxygens (including phenoxy) is 1. The van der Waals surface area contributed by atoms with Gasteiger partial charge in [0.05, 0.1) is 28.7 Å². The van der Waals surface area contributed by atoms with E-state index >= 15 is 0 Å². The van der Waals surface area contributed by atoms with Crippen LogP contribution < -0.4 is 11.2 Å². The van der Waals surface area contributed by atoms with Gasteiger partial charge in [-0.05, 0) is 38.5 Å². The number of fused-ring (bicyclic) bond motifs is 1. The van der Waals surface area contributed by atoms with E-state index in [2.05, 4.69) is 4.98 Å². The summed E-state index contributed by atoms with van der Waals surface area (Å²) < 4.78 is 45.1. The van der Waals surface area contributed by atoms with Crippen LogP contribution in [0.25, 0.3) is 10.9 Å². The smallest absolute Gasteiger partial charge is 0.371 e. The van der Waals surface area contributed by atoms with Crippen molar-refractivity contribution in [1.29, 1.82) is 0 Å². The third-order valence-electron chi connectivity index (χ3n) is 3.13. The Hall–Kier alpha value is -2.09. The summed E-state index contributed by atoms with van der Waals surface area (Å²) in [4.78, 5) is 27.2. The number of halogens is 3. The zero-order chi connectivity index (χ0) is 16.7. The van der Waals surface area contributed by atoms with Crippen LogP contribution in [0.1, 0.15) is 38.0 Å². The number of benzene rings is 1. The second-order valence-corrected chi connectivity index (χ2v) is 5.22. The minimum atomic E-state index is -4.63. The van der Waals surface area contributed by atoms with Crippen molar-refractivity contribution in [3.8, 4) is 0 Å². The molecule has 0 saturated carbocycles. The quantitative estimate of drug-likeness (QED) is 0.914.